The maximum Gasteiger partial charge on any atom is 0.0657 e. The van der Waals surface area contributed by atoms with Crippen molar-refractivity contribution in [3.8, 4) is 0 Å². The summed E-state index contributed by atoms with van der Waals surface area (Å²) >= 11 is 5.98. The summed E-state index contributed by atoms with van der Waals surface area (Å²) in [6, 6.07) is 8.51. The predicted molar refractivity (Wildman–Crippen MR) is 104 cm³/mol. The Kier molecular flexibility index (Phi) is 6.75. The number of hydrogen-bond acceptors (Lipinski definition) is 2. The van der Waals surface area contributed by atoms with Gasteiger partial charge in [0, 0.05) is 17.7 Å². The predicted octanol–water partition coefficient (Wildman–Crippen LogP) is 6.00. The van der Waals surface area contributed by atoms with Gasteiger partial charge in [0.1, 0.15) is 0 Å². The lowest BCUT2D eigenvalue weighted by atomic mass is 9.64. The molecule has 0 unspecified atom stereocenters. The number of hydrogen-bond donors (Lipinski definition) is 1. The van der Waals surface area contributed by atoms with Crippen LogP contribution in [0.15, 0.2) is 24.3 Å². The Labute approximate surface area is 153 Å². The van der Waals surface area contributed by atoms with Gasteiger partial charge in [0.05, 0.1) is 5.60 Å². The van der Waals surface area contributed by atoms with Gasteiger partial charge in [-0.15, -0.1) is 0 Å². The molecule has 3 atom stereocenters. The van der Waals surface area contributed by atoms with Crippen LogP contribution in [0.2, 0.25) is 5.02 Å². The van der Waals surface area contributed by atoms with Gasteiger partial charge in [-0.1, -0.05) is 44.5 Å². The number of halogens is 1. The molecule has 0 bridgehead atoms. The molecule has 1 aromatic rings. The van der Waals surface area contributed by atoms with E-state index in [-0.39, 0.29) is 5.60 Å². The van der Waals surface area contributed by atoms with Crippen molar-refractivity contribution < 1.29 is 4.74 Å². The van der Waals surface area contributed by atoms with E-state index in [1.54, 1.807) is 0 Å². The van der Waals surface area contributed by atoms with Crippen LogP contribution in [0.1, 0.15) is 71.9 Å². The second kappa shape index (κ2) is 8.21. The largest absolute Gasteiger partial charge is 0.375 e. The molecular weight excluding hydrogens is 318 g/mol. The topological polar surface area (TPSA) is 21.3 Å². The lowest BCUT2D eigenvalue weighted by Gasteiger charge is -2.49. The molecule has 1 aromatic carbocycles. The number of benzene rings is 1. The summed E-state index contributed by atoms with van der Waals surface area (Å²) in [5, 5.41) is 4.50. The average molecular weight is 352 g/mol. The maximum atomic E-state index is 6.10. The van der Waals surface area contributed by atoms with E-state index in [1.807, 2.05) is 12.1 Å². The van der Waals surface area contributed by atoms with Crippen LogP contribution in [-0.4, -0.2) is 18.8 Å². The van der Waals surface area contributed by atoms with Gasteiger partial charge in [0.15, 0.2) is 0 Å². The van der Waals surface area contributed by atoms with Gasteiger partial charge in [-0.25, -0.2) is 0 Å². The van der Waals surface area contributed by atoms with Crippen molar-refractivity contribution in [2.45, 2.75) is 71.9 Å². The highest BCUT2D eigenvalue weighted by molar-refractivity contribution is 6.30. The van der Waals surface area contributed by atoms with Gasteiger partial charge in [0.2, 0.25) is 0 Å². The summed E-state index contributed by atoms with van der Waals surface area (Å²) in [6.07, 6.45) is 4.65. The molecule has 1 heterocycles. The van der Waals surface area contributed by atoms with Crippen molar-refractivity contribution in [3.05, 3.63) is 34.9 Å². The van der Waals surface area contributed by atoms with Gasteiger partial charge in [-0.2, -0.15) is 0 Å². The average Bonchev–Trinajstić information content (AvgIpc) is 2.55. The third kappa shape index (κ3) is 4.74. The van der Waals surface area contributed by atoms with E-state index in [2.05, 4.69) is 52.1 Å². The maximum absolute atomic E-state index is 6.10. The molecule has 2 rings (SSSR count). The van der Waals surface area contributed by atoms with Crippen LogP contribution in [-0.2, 0) is 4.74 Å². The highest BCUT2D eigenvalue weighted by atomic mass is 35.5. The standard InChI is InChI=1S/C21H34ClNO/c1-6-20(5)15-21(16(2)3,12-14-24-20)11-13-23-17(4)18-7-9-19(22)10-8-18/h7-10,16-17,23H,6,11-15H2,1-5H3/t17-,20+,21+/m1/s1. The molecule has 0 spiro atoms. The zero-order valence-corrected chi connectivity index (χ0v) is 16.7. The van der Waals surface area contributed by atoms with Crippen LogP contribution in [0.25, 0.3) is 0 Å². The lowest BCUT2D eigenvalue weighted by Crippen LogP contribution is -2.46. The second-order valence-corrected chi connectivity index (χ2v) is 8.51. The van der Waals surface area contributed by atoms with Crippen LogP contribution >= 0.6 is 11.6 Å². The third-order valence-electron chi connectivity index (χ3n) is 6.19. The van der Waals surface area contributed by atoms with Crippen LogP contribution in [0.4, 0.5) is 0 Å². The first-order valence-electron chi connectivity index (χ1n) is 9.43. The molecule has 0 radical (unpaired) electrons. The van der Waals surface area contributed by atoms with Gasteiger partial charge in [-0.3, -0.25) is 0 Å². The fourth-order valence-electron chi connectivity index (χ4n) is 4.01. The lowest BCUT2D eigenvalue weighted by molar-refractivity contribution is -0.132. The Bertz CT molecular complexity index is 515. The van der Waals surface area contributed by atoms with Crippen molar-refractivity contribution in [3.63, 3.8) is 0 Å². The van der Waals surface area contributed by atoms with Crippen LogP contribution in [0, 0.1) is 11.3 Å². The molecule has 24 heavy (non-hydrogen) atoms. The van der Waals surface area contributed by atoms with E-state index in [1.165, 1.54) is 24.8 Å². The van der Waals surface area contributed by atoms with Crippen molar-refractivity contribution in [2.24, 2.45) is 11.3 Å². The van der Waals surface area contributed by atoms with Gasteiger partial charge < -0.3 is 10.1 Å². The molecule has 1 fully saturated rings. The Hall–Kier alpha value is -0.570. The first-order valence-corrected chi connectivity index (χ1v) is 9.81. The van der Waals surface area contributed by atoms with Crippen molar-refractivity contribution in [2.75, 3.05) is 13.2 Å². The minimum Gasteiger partial charge on any atom is -0.375 e. The molecule has 1 saturated heterocycles. The molecule has 136 valence electrons. The van der Waals surface area contributed by atoms with Gasteiger partial charge in [-0.05, 0) is 75.1 Å². The smallest absolute Gasteiger partial charge is 0.0657 e. The van der Waals surface area contributed by atoms with E-state index in [0.717, 1.165) is 24.6 Å². The van der Waals surface area contributed by atoms with Crippen LogP contribution in [0.3, 0.4) is 0 Å². The van der Waals surface area contributed by atoms with Crippen molar-refractivity contribution in [1.29, 1.82) is 0 Å². The minimum atomic E-state index is 0.0459. The summed E-state index contributed by atoms with van der Waals surface area (Å²) < 4.78 is 6.10. The number of ether oxygens (including phenoxy) is 1. The van der Waals surface area contributed by atoms with E-state index in [9.17, 15) is 0 Å². The molecule has 0 amide bonds. The summed E-state index contributed by atoms with van der Waals surface area (Å²) in [6.45, 7) is 13.5. The zero-order valence-electron chi connectivity index (χ0n) is 16.0. The first kappa shape index (κ1) is 19.8. The first-order chi connectivity index (χ1) is 11.3. The molecule has 1 aliphatic heterocycles. The molecule has 2 nitrogen and oxygen atoms in total. The number of rotatable bonds is 7. The Morgan fingerprint density at radius 1 is 1.21 bits per heavy atom. The highest BCUT2D eigenvalue weighted by Crippen LogP contribution is 2.47. The second-order valence-electron chi connectivity index (χ2n) is 8.07. The monoisotopic (exact) mass is 351 g/mol. The van der Waals surface area contributed by atoms with E-state index in [0.29, 0.717) is 17.4 Å². The summed E-state index contributed by atoms with van der Waals surface area (Å²) in [4.78, 5) is 0. The quantitative estimate of drug-likeness (QED) is 0.650. The van der Waals surface area contributed by atoms with E-state index >= 15 is 0 Å². The highest BCUT2D eigenvalue weighted by Gasteiger charge is 2.43. The molecule has 0 aliphatic carbocycles. The zero-order chi connectivity index (χ0) is 17.8. The molecule has 3 heteroatoms. The minimum absolute atomic E-state index is 0.0459. The fraction of sp³-hybridized carbons (Fsp3) is 0.714. The third-order valence-corrected chi connectivity index (χ3v) is 6.44. The number of nitrogens with one attached hydrogen (secondary N) is 1. The van der Waals surface area contributed by atoms with E-state index in [4.69, 9.17) is 16.3 Å². The molecule has 0 aromatic heterocycles. The van der Waals surface area contributed by atoms with Crippen LogP contribution in [0.5, 0.6) is 0 Å². The SMILES string of the molecule is CC[C@@]1(C)C[C@@](CCN[C@H](C)c2ccc(Cl)cc2)(C(C)C)CCO1. The molecular formula is C21H34ClNO. The molecule has 1 N–H and O–H groups in total. The van der Waals surface area contributed by atoms with Crippen molar-refractivity contribution in [1.82, 2.24) is 5.32 Å². The van der Waals surface area contributed by atoms with Gasteiger partial charge >= 0.3 is 0 Å². The molecule has 0 saturated carbocycles. The Morgan fingerprint density at radius 2 is 1.88 bits per heavy atom. The van der Waals surface area contributed by atoms with E-state index < -0.39 is 0 Å². The van der Waals surface area contributed by atoms with Crippen LogP contribution < -0.4 is 5.32 Å². The summed E-state index contributed by atoms with van der Waals surface area (Å²) in [7, 11) is 0. The normalized spacial score (nSPS) is 29.0. The van der Waals surface area contributed by atoms with Gasteiger partial charge in [0.25, 0.3) is 0 Å². The Balaban J connectivity index is 1.95. The Morgan fingerprint density at radius 3 is 2.46 bits per heavy atom. The summed E-state index contributed by atoms with van der Waals surface area (Å²) in [5.41, 5.74) is 1.73. The summed E-state index contributed by atoms with van der Waals surface area (Å²) in [5.74, 6) is 0.680. The fourth-order valence-corrected chi connectivity index (χ4v) is 4.14. The van der Waals surface area contributed by atoms with Crippen molar-refractivity contribution >= 4 is 11.6 Å². The molecule has 1 aliphatic rings.